The van der Waals surface area contributed by atoms with Gasteiger partial charge in [0.2, 0.25) is 10.0 Å². The molecule has 2 aromatic carbocycles. The molecule has 0 aromatic heterocycles. The van der Waals surface area contributed by atoms with Gasteiger partial charge in [-0.25, -0.2) is 17.5 Å². The van der Waals surface area contributed by atoms with Crippen LogP contribution in [0, 0.1) is 5.82 Å². The molecule has 21 heavy (non-hydrogen) atoms. The lowest BCUT2D eigenvalue weighted by Crippen LogP contribution is -2.28. The lowest BCUT2D eigenvalue weighted by molar-refractivity contribution is 0.548. The Morgan fingerprint density at radius 3 is 2.48 bits per heavy atom. The molecule has 0 amide bonds. The summed E-state index contributed by atoms with van der Waals surface area (Å²) < 4.78 is 41.6. The average Bonchev–Trinajstić information content (AvgIpc) is 2.37. The molecule has 112 valence electrons. The van der Waals surface area contributed by atoms with E-state index in [0.29, 0.717) is 0 Å². The second-order valence-corrected chi connectivity index (χ2v) is 7.03. The highest BCUT2D eigenvalue weighted by Crippen LogP contribution is 2.27. The maximum Gasteiger partial charge on any atom is 0.246 e. The van der Waals surface area contributed by atoms with Crippen molar-refractivity contribution in [3.05, 3.63) is 58.3 Å². The zero-order chi connectivity index (χ0) is 15.6. The van der Waals surface area contributed by atoms with E-state index in [2.05, 4.69) is 20.7 Å². The number of hydrogen-bond acceptors (Lipinski definition) is 3. The first kappa shape index (κ1) is 15.9. The Bertz CT molecular complexity index is 745. The van der Waals surface area contributed by atoms with E-state index in [9.17, 15) is 12.8 Å². The van der Waals surface area contributed by atoms with Crippen LogP contribution in [0.5, 0.6) is 0 Å². The van der Waals surface area contributed by atoms with Crippen molar-refractivity contribution in [2.75, 3.05) is 5.73 Å². The number of nitrogen functional groups attached to an aromatic ring is 1. The largest absolute Gasteiger partial charge is 0.398 e. The summed E-state index contributed by atoms with van der Waals surface area (Å²) in [6.45, 7) is 1.68. The molecular weight excluding hydrogens is 359 g/mol. The summed E-state index contributed by atoms with van der Waals surface area (Å²) in [4.78, 5) is -0.524. The van der Waals surface area contributed by atoms with E-state index in [1.54, 1.807) is 25.1 Å². The molecule has 2 aromatic rings. The smallest absolute Gasteiger partial charge is 0.246 e. The van der Waals surface area contributed by atoms with Crippen LogP contribution in [-0.2, 0) is 10.0 Å². The first-order valence-corrected chi connectivity index (χ1v) is 8.41. The highest BCUT2D eigenvalue weighted by atomic mass is 79.9. The van der Waals surface area contributed by atoms with Crippen molar-refractivity contribution in [2.45, 2.75) is 17.9 Å². The SMILES string of the molecule is CC(NS(=O)(=O)c1c(N)cccc1F)c1ccccc1Br. The van der Waals surface area contributed by atoms with Gasteiger partial charge in [0.1, 0.15) is 10.7 Å². The maximum atomic E-state index is 13.8. The third kappa shape index (κ3) is 3.42. The lowest BCUT2D eigenvalue weighted by Gasteiger charge is -2.17. The molecule has 0 spiro atoms. The Kier molecular flexibility index (Phi) is 4.65. The maximum absolute atomic E-state index is 13.8. The van der Waals surface area contributed by atoms with Gasteiger partial charge < -0.3 is 5.73 Å². The van der Waals surface area contributed by atoms with Crippen molar-refractivity contribution in [1.29, 1.82) is 0 Å². The van der Waals surface area contributed by atoms with E-state index in [1.165, 1.54) is 12.1 Å². The molecule has 0 radical (unpaired) electrons. The van der Waals surface area contributed by atoms with Crippen molar-refractivity contribution >= 4 is 31.6 Å². The minimum Gasteiger partial charge on any atom is -0.398 e. The average molecular weight is 373 g/mol. The van der Waals surface area contributed by atoms with Crippen LogP contribution < -0.4 is 10.5 Å². The second kappa shape index (κ2) is 6.13. The number of nitrogens with two attached hydrogens (primary N) is 1. The second-order valence-electron chi connectivity index (χ2n) is 4.52. The Labute approximate surface area is 131 Å². The summed E-state index contributed by atoms with van der Waals surface area (Å²) in [5.74, 6) is -0.873. The van der Waals surface area contributed by atoms with Crippen LogP contribution in [0.15, 0.2) is 51.8 Å². The number of sulfonamides is 1. The van der Waals surface area contributed by atoms with Crippen LogP contribution in [0.25, 0.3) is 0 Å². The Hall–Kier alpha value is -1.44. The number of rotatable bonds is 4. The molecule has 1 unspecified atom stereocenters. The van der Waals surface area contributed by atoms with Gasteiger partial charge >= 0.3 is 0 Å². The molecule has 0 aliphatic heterocycles. The molecular formula is C14H14BrFN2O2S. The molecule has 0 aliphatic carbocycles. The van der Waals surface area contributed by atoms with E-state index in [0.717, 1.165) is 16.1 Å². The Morgan fingerprint density at radius 2 is 1.86 bits per heavy atom. The summed E-state index contributed by atoms with van der Waals surface area (Å²) in [6, 6.07) is 10.4. The fraction of sp³-hybridized carbons (Fsp3) is 0.143. The summed E-state index contributed by atoms with van der Waals surface area (Å²) >= 11 is 3.36. The van der Waals surface area contributed by atoms with E-state index >= 15 is 0 Å². The van der Waals surface area contributed by atoms with E-state index in [4.69, 9.17) is 5.73 Å². The van der Waals surface area contributed by atoms with Crippen molar-refractivity contribution in [1.82, 2.24) is 4.72 Å². The normalized spacial score (nSPS) is 13.1. The lowest BCUT2D eigenvalue weighted by atomic mass is 10.1. The van der Waals surface area contributed by atoms with E-state index in [1.807, 2.05) is 6.07 Å². The van der Waals surface area contributed by atoms with Crippen LogP contribution in [0.3, 0.4) is 0 Å². The van der Waals surface area contributed by atoms with Gasteiger partial charge in [-0.15, -0.1) is 0 Å². The van der Waals surface area contributed by atoms with Gasteiger partial charge in [0.15, 0.2) is 0 Å². The standard InChI is InChI=1S/C14H14BrFN2O2S/c1-9(10-5-2-3-6-11(10)15)18-21(19,20)14-12(16)7-4-8-13(14)17/h2-9,18H,17H2,1H3. The monoisotopic (exact) mass is 372 g/mol. The van der Waals surface area contributed by atoms with Crippen molar-refractivity contribution in [2.24, 2.45) is 0 Å². The van der Waals surface area contributed by atoms with Gasteiger partial charge in [-0.05, 0) is 30.7 Å². The minimum absolute atomic E-state index is 0.123. The van der Waals surface area contributed by atoms with Crippen LogP contribution in [0.1, 0.15) is 18.5 Å². The van der Waals surface area contributed by atoms with Gasteiger partial charge in [-0.2, -0.15) is 0 Å². The van der Waals surface area contributed by atoms with Crippen molar-refractivity contribution < 1.29 is 12.8 Å². The zero-order valence-electron chi connectivity index (χ0n) is 11.2. The molecule has 7 heteroatoms. The van der Waals surface area contributed by atoms with E-state index in [-0.39, 0.29) is 5.69 Å². The Balaban J connectivity index is 2.36. The molecule has 0 saturated carbocycles. The molecule has 2 rings (SSSR count). The van der Waals surface area contributed by atoms with Gasteiger partial charge in [-0.3, -0.25) is 0 Å². The predicted octanol–water partition coefficient (Wildman–Crippen LogP) is 3.21. The molecule has 0 aliphatic rings. The fourth-order valence-corrected chi connectivity index (χ4v) is 4.03. The van der Waals surface area contributed by atoms with E-state index < -0.39 is 26.8 Å². The number of nitrogens with one attached hydrogen (secondary N) is 1. The van der Waals surface area contributed by atoms with Gasteiger partial charge in [0.05, 0.1) is 5.69 Å². The van der Waals surface area contributed by atoms with Gasteiger partial charge in [0, 0.05) is 10.5 Å². The molecule has 0 saturated heterocycles. The zero-order valence-corrected chi connectivity index (χ0v) is 13.6. The number of halogens is 2. The number of anilines is 1. The molecule has 0 bridgehead atoms. The molecule has 0 heterocycles. The fourth-order valence-electron chi connectivity index (χ4n) is 1.99. The summed E-state index contributed by atoms with van der Waals surface area (Å²) in [5.41, 5.74) is 6.21. The van der Waals surface area contributed by atoms with Crippen LogP contribution in [-0.4, -0.2) is 8.42 Å². The van der Waals surface area contributed by atoms with Crippen LogP contribution >= 0.6 is 15.9 Å². The Morgan fingerprint density at radius 1 is 1.19 bits per heavy atom. The molecule has 3 N–H and O–H groups in total. The summed E-state index contributed by atoms with van der Waals surface area (Å²) in [5, 5.41) is 0. The summed E-state index contributed by atoms with van der Waals surface area (Å²) in [7, 11) is -4.06. The van der Waals surface area contributed by atoms with Crippen molar-refractivity contribution in [3.63, 3.8) is 0 Å². The third-order valence-electron chi connectivity index (χ3n) is 2.97. The van der Waals surface area contributed by atoms with Crippen LogP contribution in [0.2, 0.25) is 0 Å². The predicted molar refractivity (Wildman–Crippen MR) is 83.7 cm³/mol. The van der Waals surface area contributed by atoms with Gasteiger partial charge in [0.25, 0.3) is 0 Å². The third-order valence-corrected chi connectivity index (χ3v) is 5.32. The van der Waals surface area contributed by atoms with Crippen molar-refractivity contribution in [3.8, 4) is 0 Å². The highest BCUT2D eigenvalue weighted by molar-refractivity contribution is 9.10. The first-order chi connectivity index (χ1) is 9.83. The van der Waals surface area contributed by atoms with Gasteiger partial charge in [-0.1, -0.05) is 40.2 Å². The summed E-state index contributed by atoms with van der Waals surface area (Å²) in [6.07, 6.45) is 0. The molecule has 0 fully saturated rings. The number of benzene rings is 2. The first-order valence-electron chi connectivity index (χ1n) is 6.13. The van der Waals surface area contributed by atoms with Crippen LogP contribution in [0.4, 0.5) is 10.1 Å². The molecule has 4 nitrogen and oxygen atoms in total. The number of hydrogen-bond donors (Lipinski definition) is 2. The minimum atomic E-state index is -4.06. The molecule has 1 atom stereocenters. The quantitative estimate of drug-likeness (QED) is 0.809. The topological polar surface area (TPSA) is 72.2 Å². The highest BCUT2D eigenvalue weighted by Gasteiger charge is 2.25.